The van der Waals surface area contributed by atoms with Crippen LogP contribution >= 0.6 is 0 Å². The van der Waals surface area contributed by atoms with Crippen molar-refractivity contribution in [1.82, 2.24) is 10.6 Å². The smallest absolute Gasteiger partial charge is 0.387 e. The van der Waals surface area contributed by atoms with Gasteiger partial charge in [-0.15, -0.1) is 0 Å². The molecule has 3 N–H and O–H groups in total. The Morgan fingerprint density at radius 2 is 1.84 bits per heavy atom. The minimum Gasteiger partial charge on any atom is -0.490 e. The maximum atomic E-state index is 12.9. The first-order chi connectivity index (χ1) is 15.5. The van der Waals surface area contributed by atoms with Crippen LogP contribution in [0.4, 0.5) is 14.5 Å². The van der Waals surface area contributed by atoms with E-state index in [1.165, 1.54) is 0 Å². The van der Waals surface area contributed by atoms with E-state index in [9.17, 15) is 13.6 Å². The molecule has 2 rings (SSSR count). The molecule has 7 nitrogen and oxygen atoms in total. The van der Waals surface area contributed by atoms with Gasteiger partial charge in [-0.3, -0.25) is 9.79 Å². The summed E-state index contributed by atoms with van der Waals surface area (Å²) in [7, 11) is 1.61. The SMILES string of the molecule is CCCC(=O)Nc1cccc(CNC(=NC)NCc2cccc(OCC)c2OC(F)F)c1. The van der Waals surface area contributed by atoms with Crippen molar-refractivity contribution in [2.24, 2.45) is 4.99 Å². The number of aliphatic imine (C=N–C) groups is 1. The summed E-state index contributed by atoms with van der Waals surface area (Å²) in [6.07, 6.45) is 1.26. The minimum absolute atomic E-state index is 0.00262. The highest BCUT2D eigenvalue weighted by molar-refractivity contribution is 5.90. The number of hydrogen-bond acceptors (Lipinski definition) is 4. The molecule has 0 spiro atoms. The van der Waals surface area contributed by atoms with Crippen molar-refractivity contribution in [1.29, 1.82) is 0 Å². The summed E-state index contributed by atoms with van der Waals surface area (Å²) in [5.74, 6) is 0.723. The lowest BCUT2D eigenvalue weighted by atomic mass is 10.2. The molecule has 0 saturated heterocycles. The van der Waals surface area contributed by atoms with Crippen molar-refractivity contribution in [3.63, 3.8) is 0 Å². The van der Waals surface area contributed by atoms with Gasteiger partial charge in [0.05, 0.1) is 6.61 Å². The topological polar surface area (TPSA) is 84.0 Å². The van der Waals surface area contributed by atoms with E-state index in [4.69, 9.17) is 9.47 Å². The van der Waals surface area contributed by atoms with Crippen LogP contribution in [-0.4, -0.2) is 32.1 Å². The molecule has 0 aliphatic carbocycles. The van der Waals surface area contributed by atoms with Crippen molar-refractivity contribution < 1.29 is 23.0 Å². The molecule has 2 aromatic carbocycles. The molecule has 2 aromatic rings. The van der Waals surface area contributed by atoms with Gasteiger partial charge >= 0.3 is 6.61 Å². The largest absolute Gasteiger partial charge is 0.490 e. The number of guanidine groups is 1. The molecular weight excluding hydrogens is 418 g/mol. The molecule has 0 radical (unpaired) electrons. The number of alkyl halides is 2. The van der Waals surface area contributed by atoms with E-state index >= 15 is 0 Å². The quantitative estimate of drug-likeness (QED) is 0.353. The van der Waals surface area contributed by atoms with Crippen LogP contribution in [0.25, 0.3) is 0 Å². The number of anilines is 1. The zero-order valence-corrected chi connectivity index (χ0v) is 18.6. The molecular formula is C23H30F2N4O3. The normalized spacial score (nSPS) is 11.2. The maximum Gasteiger partial charge on any atom is 0.387 e. The van der Waals surface area contributed by atoms with E-state index in [1.807, 2.05) is 31.2 Å². The number of nitrogens with zero attached hydrogens (tertiary/aromatic N) is 1. The number of nitrogens with one attached hydrogen (secondary N) is 3. The minimum atomic E-state index is -2.96. The molecule has 0 heterocycles. The van der Waals surface area contributed by atoms with E-state index < -0.39 is 6.61 Å². The van der Waals surface area contributed by atoms with Gasteiger partial charge < -0.3 is 25.4 Å². The first kappa shape index (κ1) is 24.9. The lowest BCUT2D eigenvalue weighted by Gasteiger charge is -2.17. The van der Waals surface area contributed by atoms with Gasteiger partial charge in [0.2, 0.25) is 5.91 Å². The molecule has 174 valence electrons. The Kier molecular flexibility index (Phi) is 10.2. The molecule has 0 atom stereocenters. The molecule has 0 bridgehead atoms. The summed E-state index contributed by atoms with van der Waals surface area (Å²) < 4.78 is 35.9. The molecule has 0 unspecified atom stereocenters. The Bertz CT molecular complexity index is 907. The van der Waals surface area contributed by atoms with Crippen LogP contribution in [0.15, 0.2) is 47.5 Å². The second-order valence-electron chi connectivity index (χ2n) is 6.83. The summed E-state index contributed by atoms with van der Waals surface area (Å²) in [6.45, 7) is 1.75. The van der Waals surface area contributed by atoms with E-state index in [0.29, 0.717) is 31.1 Å². The van der Waals surface area contributed by atoms with E-state index in [-0.39, 0.29) is 24.0 Å². The van der Waals surface area contributed by atoms with Gasteiger partial charge in [-0.25, -0.2) is 0 Å². The van der Waals surface area contributed by atoms with Crippen molar-refractivity contribution in [2.75, 3.05) is 19.0 Å². The Morgan fingerprint density at radius 1 is 1.09 bits per heavy atom. The summed E-state index contributed by atoms with van der Waals surface area (Å²) >= 11 is 0. The average molecular weight is 449 g/mol. The van der Waals surface area contributed by atoms with Crippen molar-refractivity contribution >= 4 is 17.6 Å². The molecule has 9 heteroatoms. The van der Waals surface area contributed by atoms with Crippen molar-refractivity contribution in [2.45, 2.75) is 46.4 Å². The monoisotopic (exact) mass is 448 g/mol. The fraction of sp³-hybridized carbons (Fsp3) is 0.391. The van der Waals surface area contributed by atoms with Gasteiger partial charge in [0.1, 0.15) is 0 Å². The molecule has 1 amide bonds. The number of hydrogen-bond donors (Lipinski definition) is 3. The summed E-state index contributed by atoms with van der Waals surface area (Å²) in [5, 5.41) is 9.13. The van der Waals surface area contributed by atoms with Crippen LogP contribution < -0.4 is 25.4 Å². The fourth-order valence-corrected chi connectivity index (χ4v) is 2.99. The van der Waals surface area contributed by atoms with E-state index in [0.717, 1.165) is 17.7 Å². The standard InChI is InChI=1S/C23H30F2N4O3/c1-4-8-20(30)29-18-11-6-9-16(13-18)14-27-23(26-3)28-15-17-10-7-12-19(31-5-2)21(17)32-22(24)25/h6-7,9-13,22H,4-5,8,14-15H2,1-3H3,(H,29,30)(H2,26,27,28). The van der Waals surface area contributed by atoms with Crippen LogP contribution in [0.3, 0.4) is 0 Å². The maximum absolute atomic E-state index is 12.9. The second-order valence-corrected chi connectivity index (χ2v) is 6.83. The number of ether oxygens (including phenoxy) is 2. The Hall–Kier alpha value is -3.36. The Balaban J connectivity index is 1.99. The highest BCUT2D eigenvalue weighted by atomic mass is 19.3. The number of rotatable bonds is 11. The highest BCUT2D eigenvalue weighted by Gasteiger charge is 2.16. The molecule has 0 aliphatic heterocycles. The molecule has 0 aliphatic rings. The zero-order chi connectivity index (χ0) is 23.3. The van der Waals surface area contributed by atoms with E-state index in [2.05, 4.69) is 20.9 Å². The van der Waals surface area contributed by atoms with Crippen molar-refractivity contribution in [3.05, 3.63) is 53.6 Å². The summed E-state index contributed by atoms with van der Waals surface area (Å²) in [6, 6.07) is 12.5. The highest BCUT2D eigenvalue weighted by Crippen LogP contribution is 2.32. The van der Waals surface area contributed by atoms with Gasteiger partial charge in [0.25, 0.3) is 0 Å². The van der Waals surface area contributed by atoms with Crippen molar-refractivity contribution in [3.8, 4) is 11.5 Å². The molecule has 32 heavy (non-hydrogen) atoms. The third-order valence-corrected chi connectivity index (χ3v) is 4.38. The fourth-order valence-electron chi connectivity index (χ4n) is 2.99. The summed E-state index contributed by atoms with van der Waals surface area (Å²) in [5.41, 5.74) is 2.19. The van der Waals surface area contributed by atoms with Gasteiger partial charge in [-0.05, 0) is 37.1 Å². The molecule has 0 aromatic heterocycles. The predicted molar refractivity (Wildman–Crippen MR) is 121 cm³/mol. The molecule has 0 fully saturated rings. The second kappa shape index (κ2) is 13.1. The third-order valence-electron chi connectivity index (χ3n) is 4.38. The summed E-state index contributed by atoms with van der Waals surface area (Å²) in [4.78, 5) is 16.0. The number of carbonyl (C=O) groups is 1. The number of carbonyl (C=O) groups excluding carboxylic acids is 1. The Morgan fingerprint density at radius 3 is 2.53 bits per heavy atom. The Labute approximate surface area is 187 Å². The van der Waals surface area contributed by atoms with Gasteiger partial charge in [0, 0.05) is 37.8 Å². The number of halogens is 2. The lowest BCUT2D eigenvalue weighted by Crippen LogP contribution is -2.36. The van der Waals surface area contributed by atoms with Gasteiger partial charge in [0.15, 0.2) is 17.5 Å². The third kappa shape index (κ3) is 8.05. The number of amides is 1. The van der Waals surface area contributed by atoms with Crippen LogP contribution in [-0.2, 0) is 17.9 Å². The van der Waals surface area contributed by atoms with Crippen LogP contribution in [0, 0.1) is 0 Å². The molecule has 0 saturated carbocycles. The first-order valence-electron chi connectivity index (χ1n) is 10.5. The number of benzene rings is 2. The van der Waals surface area contributed by atoms with Crippen LogP contribution in [0.2, 0.25) is 0 Å². The van der Waals surface area contributed by atoms with Crippen LogP contribution in [0.1, 0.15) is 37.8 Å². The predicted octanol–water partition coefficient (Wildman–Crippen LogP) is 4.29. The average Bonchev–Trinajstić information content (AvgIpc) is 2.76. The van der Waals surface area contributed by atoms with Crippen LogP contribution in [0.5, 0.6) is 11.5 Å². The lowest BCUT2D eigenvalue weighted by molar-refractivity contribution is -0.116. The van der Waals surface area contributed by atoms with E-state index in [1.54, 1.807) is 32.2 Å². The first-order valence-corrected chi connectivity index (χ1v) is 10.5. The zero-order valence-electron chi connectivity index (χ0n) is 18.6. The van der Waals surface area contributed by atoms with Gasteiger partial charge in [-0.1, -0.05) is 31.2 Å². The van der Waals surface area contributed by atoms with Gasteiger partial charge in [-0.2, -0.15) is 8.78 Å². The number of para-hydroxylation sites is 1.